The number of hydrogen-bond acceptors (Lipinski definition) is 6. The van der Waals surface area contributed by atoms with Crippen LogP contribution < -0.4 is 9.64 Å². The number of aliphatic carboxylic acids is 1. The van der Waals surface area contributed by atoms with Crippen molar-refractivity contribution in [2.24, 2.45) is 5.41 Å². The Morgan fingerprint density at radius 3 is 2.41 bits per heavy atom. The topological polar surface area (TPSA) is 110 Å². The Labute approximate surface area is 291 Å². The largest absolute Gasteiger partial charge is 0.744 e. The first-order chi connectivity index (χ1) is 22.8. The zero-order valence-corrected chi connectivity index (χ0v) is 31.1. The van der Waals surface area contributed by atoms with Crippen molar-refractivity contribution < 1.29 is 32.2 Å². The van der Waals surface area contributed by atoms with Crippen molar-refractivity contribution in [2.75, 3.05) is 18.0 Å². The van der Waals surface area contributed by atoms with Gasteiger partial charge in [0.1, 0.15) is 28.2 Å². The number of fused-ring (bicyclic) bond motifs is 3. The third kappa shape index (κ3) is 7.19. The smallest absolute Gasteiger partial charge is 0.303 e. The number of carboxylic acid groups (broad SMARTS) is 1. The Bertz CT molecular complexity index is 1950. The summed E-state index contributed by atoms with van der Waals surface area (Å²) in [7, 11) is -4.63. The second-order valence-corrected chi connectivity index (χ2v) is 16.8. The van der Waals surface area contributed by atoms with E-state index in [-0.39, 0.29) is 22.3 Å². The first kappa shape index (κ1) is 36.3. The molecule has 9 heteroatoms. The molecule has 2 aromatic carbocycles. The summed E-state index contributed by atoms with van der Waals surface area (Å²) < 4.78 is 44.7. The fourth-order valence-corrected chi connectivity index (χ4v) is 7.88. The summed E-state index contributed by atoms with van der Waals surface area (Å²) in [6.07, 6.45) is 12.9. The number of ether oxygens (including phenoxy) is 1. The van der Waals surface area contributed by atoms with Crippen LogP contribution in [0.3, 0.4) is 0 Å². The van der Waals surface area contributed by atoms with E-state index in [2.05, 4.69) is 94.4 Å². The van der Waals surface area contributed by atoms with Gasteiger partial charge in [-0.15, -0.1) is 0 Å². The monoisotopic (exact) mass is 686 g/mol. The van der Waals surface area contributed by atoms with Gasteiger partial charge in [0, 0.05) is 65.4 Å². The number of rotatable bonds is 10. The molecule has 0 spiro atoms. The lowest BCUT2D eigenvalue weighted by Gasteiger charge is -2.43. The number of carboxylic acids is 1. The Balaban J connectivity index is 1.59. The first-order valence-corrected chi connectivity index (χ1v) is 18.6. The van der Waals surface area contributed by atoms with Crippen molar-refractivity contribution in [3.63, 3.8) is 0 Å². The van der Waals surface area contributed by atoms with E-state index >= 15 is 0 Å². The maximum Gasteiger partial charge on any atom is 0.303 e. The minimum atomic E-state index is -4.63. The molecule has 3 aliphatic rings. The van der Waals surface area contributed by atoms with Crippen molar-refractivity contribution in [1.29, 1.82) is 0 Å². The van der Waals surface area contributed by atoms with Crippen LogP contribution in [-0.4, -0.2) is 53.0 Å². The number of benzene rings is 2. The Morgan fingerprint density at radius 2 is 1.78 bits per heavy atom. The highest BCUT2D eigenvalue weighted by Crippen LogP contribution is 2.47. The zero-order chi connectivity index (χ0) is 36.1. The SMILES string of the molecule is CCN1c2cc3c(cc2C(C)=CC1(C)C)/C(=C/C=C/C1=[N+](CCCCCC(=O)O)c2ccc(S(=O)(=O)[O-])cc2C1(C)C)C=C(C(C)(C)C)O3. The summed E-state index contributed by atoms with van der Waals surface area (Å²) in [6.45, 7) is 20.8. The highest BCUT2D eigenvalue weighted by atomic mass is 32.2. The summed E-state index contributed by atoms with van der Waals surface area (Å²) in [5.74, 6) is 0.893. The molecule has 0 aromatic heterocycles. The van der Waals surface area contributed by atoms with Gasteiger partial charge in [-0.25, -0.2) is 8.42 Å². The van der Waals surface area contributed by atoms with Gasteiger partial charge in [-0.2, -0.15) is 4.58 Å². The molecule has 8 nitrogen and oxygen atoms in total. The summed E-state index contributed by atoms with van der Waals surface area (Å²) in [4.78, 5) is 13.2. The zero-order valence-electron chi connectivity index (χ0n) is 30.3. The molecule has 0 radical (unpaired) electrons. The van der Waals surface area contributed by atoms with E-state index in [1.54, 1.807) is 6.07 Å². The van der Waals surface area contributed by atoms with E-state index in [1.807, 2.05) is 19.9 Å². The number of carbonyl (C=O) groups is 1. The molecule has 0 saturated carbocycles. The van der Waals surface area contributed by atoms with Gasteiger partial charge in [0.05, 0.1) is 15.8 Å². The van der Waals surface area contributed by atoms with Crippen molar-refractivity contribution in [3.8, 4) is 5.75 Å². The van der Waals surface area contributed by atoms with E-state index in [1.165, 1.54) is 23.3 Å². The highest BCUT2D eigenvalue weighted by Gasteiger charge is 2.44. The van der Waals surface area contributed by atoms with Gasteiger partial charge in [0.25, 0.3) is 0 Å². The van der Waals surface area contributed by atoms with Crippen LogP contribution in [0.15, 0.2) is 71.4 Å². The van der Waals surface area contributed by atoms with Gasteiger partial charge < -0.3 is 19.3 Å². The average Bonchev–Trinajstić information content (AvgIpc) is 3.19. The summed E-state index contributed by atoms with van der Waals surface area (Å²) in [5.41, 5.74) is 7.27. The molecule has 3 aliphatic heterocycles. The quantitative estimate of drug-likeness (QED) is 0.151. The van der Waals surface area contributed by atoms with Crippen LogP contribution in [-0.2, 0) is 20.3 Å². The standard InChI is InChI=1S/C40H50N2O6S/c1-10-42-33-24-34-30(23-29(33)26(2)25-39(42,6)7)27(21-36(48-34)38(3,4)5)15-14-16-35-40(8,9)31-22-28(49(45,46)47)18-19-32(31)41(35)20-13-11-12-17-37(43)44/h14-16,18-19,21-25H,10-13,17,20H2,1-9H3,(H-,43,44,45,46,47). The van der Waals surface area contributed by atoms with Gasteiger partial charge >= 0.3 is 5.97 Å². The molecule has 49 heavy (non-hydrogen) atoms. The van der Waals surface area contributed by atoms with Crippen molar-refractivity contribution >= 4 is 44.3 Å². The molecule has 2 aromatic rings. The molecule has 0 saturated heterocycles. The molecule has 1 N–H and O–H groups in total. The third-order valence-electron chi connectivity index (χ3n) is 9.91. The highest BCUT2D eigenvalue weighted by molar-refractivity contribution is 7.85. The predicted molar refractivity (Wildman–Crippen MR) is 196 cm³/mol. The normalized spacial score (nSPS) is 19.0. The molecule has 5 rings (SSSR count). The number of likely N-dealkylation sites (N-methyl/N-ethyl adjacent to an activating group) is 1. The number of anilines is 1. The minimum Gasteiger partial charge on any atom is -0.744 e. The van der Waals surface area contributed by atoms with Gasteiger partial charge in [0.2, 0.25) is 5.69 Å². The molecule has 3 heterocycles. The number of allylic oxidation sites excluding steroid dienone is 7. The third-order valence-corrected chi connectivity index (χ3v) is 10.7. The van der Waals surface area contributed by atoms with E-state index in [0.717, 1.165) is 64.7 Å². The molecule has 262 valence electrons. The summed E-state index contributed by atoms with van der Waals surface area (Å²) >= 11 is 0. The molecular weight excluding hydrogens is 637 g/mol. The Morgan fingerprint density at radius 1 is 1.06 bits per heavy atom. The van der Waals surface area contributed by atoms with E-state index < -0.39 is 21.5 Å². The van der Waals surface area contributed by atoms with Crippen LogP contribution in [0.5, 0.6) is 5.75 Å². The second-order valence-electron chi connectivity index (χ2n) is 15.4. The maximum atomic E-state index is 12.0. The van der Waals surface area contributed by atoms with Crippen LogP contribution in [0, 0.1) is 5.41 Å². The summed E-state index contributed by atoms with van der Waals surface area (Å²) in [6, 6.07) is 9.01. The molecule has 0 bridgehead atoms. The maximum absolute atomic E-state index is 12.0. The van der Waals surface area contributed by atoms with E-state index in [9.17, 15) is 17.8 Å². The van der Waals surface area contributed by atoms with Gasteiger partial charge in [-0.1, -0.05) is 39.0 Å². The van der Waals surface area contributed by atoms with Crippen molar-refractivity contribution in [2.45, 2.75) is 104 Å². The van der Waals surface area contributed by atoms with Crippen LogP contribution in [0.1, 0.15) is 105 Å². The number of nitrogens with zero attached hydrogens (tertiary/aromatic N) is 2. The Kier molecular flexibility index (Phi) is 9.69. The molecule has 0 amide bonds. The average molecular weight is 687 g/mol. The van der Waals surface area contributed by atoms with Gasteiger partial charge in [-0.05, 0) is 89.8 Å². The summed E-state index contributed by atoms with van der Waals surface area (Å²) in [5, 5.41) is 9.08. The molecule has 0 unspecified atom stereocenters. The first-order valence-electron chi connectivity index (χ1n) is 17.2. The van der Waals surface area contributed by atoms with Crippen LogP contribution >= 0.6 is 0 Å². The molecule has 0 fully saturated rings. The fourth-order valence-electron chi connectivity index (χ4n) is 7.38. The lowest BCUT2D eigenvalue weighted by molar-refractivity contribution is -0.438. The van der Waals surface area contributed by atoms with E-state index in [0.29, 0.717) is 13.0 Å². The second kappa shape index (κ2) is 13.1. The van der Waals surface area contributed by atoms with Crippen LogP contribution in [0.2, 0.25) is 0 Å². The van der Waals surface area contributed by atoms with Crippen LogP contribution in [0.4, 0.5) is 11.4 Å². The van der Waals surface area contributed by atoms with Crippen LogP contribution in [0.25, 0.3) is 11.1 Å². The van der Waals surface area contributed by atoms with Gasteiger partial charge in [0.15, 0.2) is 5.71 Å². The molecule has 0 aliphatic carbocycles. The number of unbranched alkanes of at least 4 members (excludes halogenated alkanes) is 2. The van der Waals surface area contributed by atoms with Crippen molar-refractivity contribution in [1.82, 2.24) is 0 Å². The minimum absolute atomic E-state index is 0.123. The molecule has 0 atom stereocenters. The van der Waals surface area contributed by atoms with E-state index in [4.69, 9.17) is 9.84 Å². The lowest BCUT2D eigenvalue weighted by atomic mass is 9.81. The fraction of sp³-hybridized carbons (Fsp3) is 0.450. The Hall–Kier alpha value is -3.95. The molecular formula is C40H50N2O6S. The lowest BCUT2D eigenvalue weighted by Crippen LogP contribution is -2.45. The van der Waals surface area contributed by atoms with Crippen molar-refractivity contribution in [3.05, 3.63) is 83.2 Å². The van der Waals surface area contributed by atoms with Gasteiger partial charge in [-0.3, -0.25) is 4.79 Å². The predicted octanol–water partition coefficient (Wildman–Crippen LogP) is 8.60. The number of hydrogen-bond donors (Lipinski definition) is 1.